The second-order valence-corrected chi connectivity index (χ2v) is 6.84. The van der Waals surface area contributed by atoms with E-state index in [1.165, 1.54) is 11.3 Å². The average molecular weight is 409 g/mol. The Kier molecular flexibility index (Phi) is 4.95. The lowest BCUT2D eigenvalue weighted by Gasteiger charge is -2.05. The molecule has 1 amide bonds. The molecule has 7 heteroatoms. The number of amides is 1. The molecule has 0 aliphatic rings. The second kappa shape index (κ2) is 7.12. The van der Waals surface area contributed by atoms with Gasteiger partial charge in [0.1, 0.15) is 0 Å². The van der Waals surface area contributed by atoms with Crippen molar-refractivity contribution in [2.45, 2.75) is 0 Å². The van der Waals surface area contributed by atoms with Crippen molar-refractivity contribution in [3.63, 3.8) is 0 Å². The smallest absolute Gasteiger partial charge is 0.269 e. The average Bonchev–Trinajstić information content (AvgIpc) is 3.02. The number of halogens is 2. The van der Waals surface area contributed by atoms with E-state index < -0.39 is 0 Å². The van der Waals surface area contributed by atoms with Crippen LogP contribution in [0.15, 0.2) is 58.4 Å². The number of carbonyl (C=O) groups is 1. The number of rotatable bonds is 4. The molecule has 2 N–H and O–H groups in total. The highest BCUT2D eigenvalue weighted by Gasteiger charge is 2.08. The molecule has 3 aromatic rings. The molecule has 3 rings (SSSR count). The molecule has 116 valence electrons. The molecule has 2 aromatic carbocycles. The molecule has 0 aliphatic heterocycles. The van der Waals surface area contributed by atoms with Crippen LogP contribution in [0.25, 0.3) is 11.3 Å². The van der Waals surface area contributed by atoms with Crippen molar-refractivity contribution in [3.8, 4) is 11.3 Å². The molecular formula is C16H11BrClN3OS. The molecule has 0 radical (unpaired) electrons. The predicted octanol–water partition coefficient (Wildman–Crippen LogP) is 4.98. The SMILES string of the molecule is O=C(NNc1nc(-c2cccc(Br)c2)cs1)c1ccc(Cl)cc1. The minimum Gasteiger partial charge on any atom is -0.273 e. The summed E-state index contributed by atoms with van der Waals surface area (Å²) in [5.74, 6) is -0.249. The monoisotopic (exact) mass is 407 g/mol. The Bertz CT molecular complexity index is 835. The van der Waals surface area contributed by atoms with E-state index in [2.05, 4.69) is 31.8 Å². The van der Waals surface area contributed by atoms with Crippen LogP contribution in [-0.2, 0) is 0 Å². The lowest BCUT2D eigenvalue weighted by molar-refractivity contribution is 0.0962. The number of hydrogen-bond donors (Lipinski definition) is 2. The van der Waals surface area contributed by atoms with E-state index in [-0.39, 0.29) is 5.91 Å². The molecule has 0 saturated heterocycles. The van der Waals surface area contributed by atoms with E-state index in [4.69, 9.17) is 11.6 Å². The van der Waals surface area contributed by atoms with Gasteiger partial charge in [-0.05, 0) is 36.4 Å². The maximum Gasteiger partial charge on any atom is 0.269 e. The van der Waals surface area contributed by atoms with Crippen molar-refractivity contribution in [1.29, 1.82) is 0 Å². The van der Waals surface area contributed by atoms with Crippen molar-refractivity contribution < 1.29 is 4.79 Å². The standard InChI is InChI=1S/C16H11BrClN3OS/c17-12-3-1-2-11(8-12)14-9-23-16(19-14)21-20-15(22)10-4-6-13(18)7-5-10/h1-9H,(H,19,21)(H,20,22). The van der Waals surface area contributed by atoms with Gasteiger partial charge in [0.15, 0.2) is 0 Å². The summed E-state index contributed by atoms with van der Waals surface area (Å²) < 4.78 is 0.994. The van der Waals surface area contributed by atoms with Gasteiger partial charge in [-0.15, -0.1) is 11.3 Å². The van der Waals surface area contributed by atoms with Crippen molar-refractivity contribution >= 4 is 49.9 Å². The first-order chi connectivity index (χ1) is 11.1. The van der Waals surface area contributed by atoms with Gasteiger partial charge in [-0.3, -0.25) is 15.6 Å². The maximum absolute atomic E-state index is 12.0. The van der Waals surface area contributed by atoms with E-state index in [0.29, 0.717) is 15.7 Å². The molecule has 0 spiro atoms. The summed E-state index contributed by atoms with van der Waals surface area (Å²) in [6.45, 7) is 0. The van der Waals surface area contributed by atoms with Crippen LogP contribution in [0.2, 0.25) is 5.02 Å². The molecule has 23 heavy (non-hydrogen) atoms. The first kappa shape index (κ1) is 16.0. The summed E-state index contributed by atoms with van der Waals surface area (Å²) in [7, 11) is 0. The Morgan fingerprint density at radius 1 is 1.17 bits per heavy atom. The first-order valence-electron chi connectivity index (χ1n) is 6.65. The highest BCUT2D eigenvalue weighted by Crippen LogP contribution is 2.26. The zero-order chi connectivity index (χ0) is 16.2. The number of nitrogens with one attached hydrogen (secondary N) is 2. The number of carbonyl (C=O) groups excluding carboxylic acids is 1. The van der Waals surface area contributed by atoms with Crippen molar-refractivity contribution in [3.05, 3.63) is 69.0 Å². The number of aromatic nitrogens is 1. The van der Waals surface area contributed by atoms with Crippen LogP contribution in [0.1, 0.15) is 10.4 Å². The second-order valence-electron chi connectivity index (χ2n) is 4.63. The minimum atomic E-state index is -0.249. The number of thiazole rings is 1. The number of nitrogens with zero attached hydrogens (tertiary/aromatic N) is 1. The Hall–Kier alpha value is -1.89. The molecule has 4 nitrogen and oxygen atoms in total. The zero-order valence-electron chi connectivity index (χ0n) is 11.7. The van der Waals surface area contributed by atoms with Gasteiger partial charge in [0.05, 0.1) is 5.69 Å². The maximum atomic E-state index is 12.0. The quantitative estimate of drug-likeness (QED) is 0.598. The summed E-state index contributed by atoms with van der Waals surface area (Å²) in [5.41, 5.74) is 7.82. The van der Waals surface area contributed by atoms with Crippen LogP contribution in [0.5, 0.6) is 0 Å². The Balaban J connectivity index is 1.65. The fourth-order valence-electron chi connectivity index (χ4n) is 1.90. The third-order valence-corrected chi connectivity index (χ3v) is 4.52. The molecular weight excluding hydrogens is 398 g/mol. The molecule has 0 bridgehead atoms. The van der Waals surface area contributed by atoms with E-state index >= 15 is 0 Å². The lowest BCUT2D eigenvalue weighted by atomic mass is 10.2. The van der Waals surface area contributed by atoms with Crippen LogP contribution >= 0.6 is 38.9 Å². The molecule has 0 atom stereocenters. The third kappa shape index (κ3) is 4.10. The third-order valence-electron chi connectivity index (χ3n) is 3.01. The van der Waals surface area contributed by atoms with Crippen LogP contribution in [0.4, 0.5) is 5.13 Å². The summed E-state index contributed by atoms with van der Waals surface area (Å²) in [6, 6.07) is 14.6. The van der Waals surface area contributed by atoms with Crippen molar-refractivity contribution in [2.24, 2.45) is 0 Å². The molecule has 0 aliphatic carbocycles. The fourth-order valence-corrected chi connectivity index (χ4v) is 3.09. The van der Waals surface area contributed by atoms with Crippen LogP contribution in [0.3, 0.4) is 0 Å². The number of hydrazine groups is 1. The van der Waals surface area contributed by atoms with Gasteiger partial charge >= 0.3 is 0 Å². The summed E-state index contributed by atoms with van der Waals surface area (Å²) in [5, 5.41) is 3.13. The van der Waals surface area contributed by atoms with Gasteiger partial charge in [0.25, 0.3) is 5.91 Å². The van der Waals surface area contributed by atoms with Crippen LogP contribution in [0, 0.1) is 0 Å². The van der Waals surface area contributed by atoms with Crippen LogP contribution in [-0.4, -0.2) is 10.9 Å². The summed E-state index contributed by atoms with van der Waals surface area (Å²) in [6.07, 6.45) is 0. The van der Waals surface area contributed by atoms with Gasteiger partial charge in [-0.1, -0.05) is 39.7 Å². The van der Waals surface area contributed by atoms with Gasteiger partial charge in [0.2, 0.25) is 5.13 Å². The van der Waals surface area contributed by atoms with Crippen molar-refractivity contribution in [2.75, 3.05) is 5.43 Å². The number of hydrogen-bond acceptors (Lipinski definition) is 4. The van der Waals surface area contributed by atoms with Gasteiger partial charge in [-0.25, -0.2) is 4.98 Å². The number of anilines is 1. The van der Waals surface area contributed by atoms with Gasteiger partial charge in [-0.2, -0.15) is 0 Å². The summed E-state index contributed by atoms with van der Waals surface area (Å²) >= 11 is 10.7. The Labute approximate surface area is 150 Å². The van der Waals surface area contributed by atoms with Gasteiger partial charge < -0.3 is 0 Å². The highest BCUT2D eigenvalue weighted by molar-refractivity contribution is 9.10. The van der Waals surface area contributed by atoms with E-state index in [0.717, 1.165) is 15.7 Å². The van der Waals surface area contributed by atoms with E-state index in [9.17, 15) is 4.79 Å². The normalized spacial score (nSPS) is 10.3. The summed E-state index contributed by atoms with van der Waals surface area (Å²) in [4.78, 5) is 16.5. The Morgan fingerprint density at radius 3 is 2.70 bits per heavy atom. The predicted molar refractivity (Wildman–Crippen MR) is 97.8 cm³/mol. The van der Waals surface area contributed by atoms with Crippen molar-refractivity contribution in [1.82, 2.24) is 10.4 Å². The molecule has 0 saturated carbocycles. The van der Waals surface area contributed by atoms with Gasteiger partial charge in [0, 0.05) is 26.0 Å². The van der Waals surface area contributed by atoms with E-state index in [1.54, 1.807) is 24.3 Å². The Morgan fingerprint density at radius 2 is 1.96 bits per heavy atom. The lowest BCUT2D eigenvalue weighted by Crippen LogP contribution is -2.29. The fraction of sp³-hybridized carbons (Fsp3) is 0. The zero-order valence-corrected chi connectivity index (χ0v) is 14.9. The topological polar surface area (TPSA) is 54.0 Å². The molecule has 1 heterocycles. The largest absolute Gasteiger partial charge is 0.273 e. The number of benzene rings is 2. The molecule has 0 fully saturated rings. The first-order valence-corrected chi connectivity index (χ1v) is 8.70. The highest BCUT2D eigenvalue weighted by atomic mass is 79.9. The molecule has 0 unspecified atom stereocenters. The molecule has 1 aromatic heterocycles. The van der Waals surface area contributed by atoms with Crippen LogP contribution < -0.4 is 10.9 Å². The minimum absolute atomic E-state index is 0.249. The van der Waals surface area contributed by atoms with E-state index in [1.807, 2.05) is 29.6 Å².